The fourth-order valence-electron chi connectivity index (χ4n) is 2.95. The molecule has 0 aromatic heterocycles. The fraction of sp³-hybridized carbons (Fsp3) is 0.562. The van der Waals surface area contributed by atoms with Crippen LogP contribution in [0.25, 0.3) is 0 Å². The normalized spacial score (nSPS) is 21.4. The molecule has 20 heavy (non-hydrogen) atoms. The first kappa shape index (κ1) is 15.0. The molecule has 0 aliphatic carbocycles. The zero-order valence-electron chi connectivity index (χ0n) is 12.3. The number of nitrogens with one attached hydrogen (secondary N) is 1. The highest BCUT2D eigenvalue weighted by Gasteiger charge is 2.26. The first-order valence-electron chi connectivity index (χ1n) is 7.35. The van der Waals surface area contributed by atoms with Crippen molar-refractivity contribution in [1.82, 2.24) is 10.2 Å². The van der Waals surface area contributed by atoms with E-state index in [-0.39, 0.29) is 18.1 Å². The molecule has 0 bridgehead atoms. The fourth-order valence-corrected chi connectivity index (χ4v) is 2.95. The van der Waals surface area contributed by atoms with Gasteiger partial charge in [0.15, 0.2) is 0 Å². The van der Waals surface area contributed by atoms with Crippen molar-refractivity contribution >= 4 is 5.91 Å². The van der Waals surface area contributed by atoms with Gasteiger partial charge in [0.1, 0.15) is 0 Å². The van der Waals surface area contributed by atoms with E-state index in [2.05, 4.69) is 10.2 Å². The summed E-state index contributed by atoms with van der Waals surface area (Å²) in [4.78, 5) is 14.0. The lowest BCUT2D eigenvalue weighted by molar-refractivity contribution is 0.0316. The molecule has 1 fully saturated rings. The Morgan fingerprint density at radius 1 is 1.50 bits per heavy atom. The number of benzene rings is 1. The SMILES string of the molecule is CNC(=O)c1cccc(CN2CCCCC2C(C)O)c1. The molecule has 1 heterocycles. The molecule has 0 radical (unpaired) electrons. The van der Waals surface area contributed by atoms with Crippen molar-refractivity contribution in [3.05, 3.63) is 35.4 Å². The van der Waals surface area contributed by atoms with Gasteiger partial charge in [-0.1, -0.05) is 18.6 Å². The summed E-state index contributed by atoms with van der Waals surface area (Å²) in [7, 11) is 1.64. The van der Waals surface area contributed by atoms with Crippen LogP contribution in [-0.2, 0) is 6.54 Å². The molecule has 1 aliphatic rings. The number of aliphatic hydroxyl groups is 1. The summed E-state index contributed by atoms with van der Waals surface area (Å²) in [6.07, 6.45) is 3.10. The predicted octanol–water partition coefficient (Wildman–Crippen LogP) is 1.78. The van der Waals surface area contributed by atoms with Crippen LogP contribution in [0.3, 0.4) is 0 Å². The maximum Gasteiger partial charge on any atom is 0.251 e. The average Bonchev–Trinajstić information content (AvgIpc) is 2.47. The molecule has 2 unspecified atom stereocenters. The number of likely N-dealkylation sites (tertiary alicyclic amines) is 1. The third kappa shape index (κ3) is 3.58. The van der Waals surface area contributed by atoms with E-state index in [0.29, 0.717) is 5.56 Å². The molecule has 2 atom stereocenters. The Kier molecular flexibility index (Phi) is 5.15. The number of hydrogen-bond acceptors (Lipinski definition) is 3. The number of aliphatic hydroxyl groups excluding tert-OH is 1. The standard InChI is InChI=1S/C16H24N2O2/c1-12(19)15-8-3-4-9-18(15)11-13-6-5-7-14(10-13)16(20)17-2/h5-7,10,12,15,19H,3-4,8-9,11H2,1-2H3,(H,17,20). The van der Waals surface area contributed by atoms with Gasteiger partial charge in [-0.2, -0.15) is 0 Å². The van der Waals surface area contributed by atoms with Crippen molar-refractivity contribution in [1.29, 1.82) is 0 Å². The van der Waals surface area contributed by atoms with E-state index in [0.717, 1.165) is 25.1 Å². The molecular formula is C16H24N2O2. The first-order valence-corrected chi connectivity index (χ1v) is 7.35. The van der Waals surface area contributed by atoms with Crippen molar-refractivity contribution in [2.24, 2.45) is 0 Å². The Hall–Kier alpha value is -1.39. The van der Waals surface area contributed by atoms with Crippen LogP contribution in [-0.4, -0.2) is 41.7 Å². The topological polar surface area (TPSA) is 52.6 Å². The molecule has 4 heteroatoms. The van der Waals surface area contributed by atoms with E-state index >= 15 is 0 Å². The van der Waals surface area contributed by atoms with E-state index in [1.807, 2.05) is 31.2 Å². The summed E-state index contributed by atoms with van der Waals surface area (Å²) < 4.78 is 0. The minimum absolute atomic E-state index is 0.0578. The van der Waals surface area contributed by atoms with E-state index in [1.54, 1.807) is 7.05 Å². The maximum atomic E-state index is 11.7. The smallest absolute Gasteiger partial charge is 0.251 e. The van der Waals surface area contributed by atoms with E-state index < -0.39 is 0 Å². The molecule has 2 rings (SSSR count). The highest BCUT2D eigenvalue weighted by molar-refractivity contribution is 5.94. The van der Waals surface area contributed by atoms with Gasteiger partial charge in [-0.05, 0) is 44.0 Å². The lowest BCUT2D eigenvalue weighted by Crippen LogP contribution is -2.45. The Bertz CT molecular complexity index is 460. The second-order valence-corrected chi connectivity index (χ2v) is 5.55. The number of carbonyl (C=O) groups excluding carboxylic acids is 1. The van der Waals surface area contributed by atoms with Gasteiger partial charge in [-0.25, -0.2) is 0 Å². The zero-order valence-corrected chi connectivity index (χ0v) is 12.3. The second kappa shape index (κ2) is 6.86. The van der Waals surface area contributed by atoms with Crippen LogP contribution in [0.1, 0.15) is 42.1 Å². The van der Waals surface area contributed by atoms with Gasteiger partial charge >= 0.3 is 0 Å². The van der Waals surface area contributed by atoms with Crippen LogP contribution in [0.5, 0.6) is 0 Å². The van der Waals surface area contributed by atoms with Crippen LogP contribution in [0.4, 0.5) is 0 Å². The molecule has 1 amide bonds. The van der Waals surface area contributed by atoms with Crippen LogP contribution in [0.15, 0.2) is 24.3 Å². The maximum absolute atomic E-state index is 11.7. The highest BCUT2D eigenvalue weighted by atomic mass is 16.3. The molecule has 1 saturated heterocycles. The van der Waals surface area contributed by atoms with Gasteiger partial charge in [0, 0.05) is 25.2 Å². The largest absolute Gasteiger partial charge is 0.392 e. The van der Waals surface area contributed by atoms with E-state index in [1.165, 1.54) is 12.8 Å². The number of piperidine rings is 1. The van der Waals surface area contributed by atoms with Crippen molar-refractivity contribution in [3.63, 3.8) is 0 Å². The Morgan fingerprint density at radius 2 is 2.30 bits per heavy atom. The summed E-state index contributed by atoms with van der Waals surface area (Å²) in [6.45, 7) is 3.67. The van der Waals surface area contributed by atoms with Gasteiger partial charge in [-0.15, -0.1) is 0 Å². The summed E-state index contributed by atoms with van der Waals surface area (Å²) in [5.41, 5.74) is 1.81. The second-order valence-electron chi connectivity index (χ2n) is 5.55. The van der Waals surface area contributed by atoms with E-state index in [9.17, 15) is 9.90 Å². The Balaban J connectivity index is 2.10. The number of amides is 1. The Morgan fingerprint density at radius 3 is 3.00 bits per heavy atom. The van der Waals surface area contributed by atoms with Crippen LogP contribution in [0, 0.1) is 0 Å². The molecule has 0 saturated carbocycles. The number of carbonyl (C=O) groups is 1. The first-order chi connectivity index (χ1) is 9.61. The average molecular weight is 276 g/mol. The molecule has 0 spiro atoms. The van der Waals surface area contributed by atoms with Gasteiger partial charge in [-0.3, -0.25) is 9.69 Å². The van der Waals surface area contributed by atoms with Gasteiger partial charge < -0.3 is 10.4 Å². The molecule has 110 valence electrons. The molecule has 1 aromatic carbocycles. The van der Waals surface area contributed by atoms with Crippen molar-refractivity contribution in [3.8, 4) is 0 Å². The van der Waals surface area contributed by atoms with E-state index in [4.69, 9.17) is 0 Å². The third-order valence-electron chi connectivity index (χ3n) is 4.02. The van der Waals surface area contributed by atoms with Crippen LogP contribution >= 0.6 is 0 Å². The van der Waals surface area contributed by atoms with Crippen molar-refractivity contribution in [2.45, 2.75) is 44.9 Å². The zero-order chi connectivity index (χ0) is 14.5. The Labute approximate surface area is 120 Å². The number of rotatable bonds is 4. The molecular weight excluding hydrogens is 252 g/mol. The summed E-state index contributed by atoms with van der Waals surface area (Å²) in [5.74, 6) is -0.0578. The summed E-state index contributed by atoms with van der Waals surface area (Å²) in [5, 5.41) is 12.5. The summed E-state index contributed by atoms with van der Waals surface area (Å²) in [6, 6.07) is 7.95. The third-order valence-corrected chi connectivity index (χ3v) is 4.02. The van der Waals surface area contributed by atoms with Gasteiger partial charge in [0.25, 0.3) is 5.91 Å². The van der Waals surface area contributed by atoms with Crippen LogP contribution in [0.2, 0.25) is 0 Å². The molecule has 1 aliphatic heterocycles. The quantitative estimate of drug-likeness (QED) is 0.881. The predicted molar refractivity (Wildman–Crippen MR) is 79.6 cm³/mol. The molecule has 1 aromatic rings. The van der Waals surface area contributed by atoms with Gasteiger partial charge in [0.05, 0.1) is 6.10 Å². The molecule has 4 nitrogen and oxygen atoms in total. The highest BCUT2D eigenvalue weighted by Crippen LogP contribution is 2.22. The lowest BCUT2D eigenvalue weighted by atomic mass is 9.97. The number of hydrogen-bond donors (Lipinski definition) is 2. The number of nitrogens with zero attached hydrogens (tertiary/aromatic N) is 1. The summed E-state index contributed by atoms with van der Waals surface area (Å²) >= 11 is 0. The minimum atomic E-state index is -0.308. The molecule has 2 N–H and O–H groups in total. The van der Waals surface area contributed by atoms with Crippen LogP contribution < -0.4 is 5.32 Å². The van der Waals surface area contributed by atoms with Gasteiger partial charge in [0.2, 0.25) is 0 Å². The minimum Gasteiger partial charge on any atom is -0.392 e. The lowest BCUT2D eigenvalue weighted by Gasteiger charge is -2.37. The van der Waals surface area contributed by atoms with Crippen molar-refractivity contribution in [2.75, 3.05) is 13.6 Å². The monoisotopic (exact) mass is 276 g/mol. The van der Waals surface area contributed by atoms with Crippen molar-refractivity contribution < 1.29 is 9.90 Å².